The zero-order valence-corrected chi connectivity index (χ0v) is 29.7. The molecule has 0 saturated heterocycles. The van der Waals surface area contributed by atoms with Gasteiger partial charge in [-0.1, -0.05) is 152 Å². The summed E-state index contributed by atoms with van der Waals surface area (Å²) in [4.78, 5) is 2.45. The third-order valence-electron chi connectivity index (χ3n) is 10.7. The van der Waals surface area contributed by atoms with E-state index in [1.54, 1.807) is 0 Å². The highest BCUT2D eigenvalue weighted by molar-refractivity contribution is 6.06. The highest BCUT2D eigenvalue weighted by atomic mass is 15.1. The number of rotatable bonds is 6. The SMILES string of the molecule is Nc1ccc(-c2ccc(N(c3ccc4ccccc4c3)c3ccc4ccccc4c3)c(-c3ccc4ccccc4c3)c2-c2ccc3ccccc3c2)cc1. The molecule has 0 unspecified atom stereocenters. The molecule has 254 valence electrons. The maximum atomic E-state index is 6.25. The van der Waals surface area contributed by atoms with E-state index in [0.717, 1.165) is 50.6 Å². The van der Waals surface area contributed by atoms with Crippen LogP contribution in [-0.4, -0.2) is 0 Å². The van der Waals surface area contributed by atoms with Crippen LogP contribution in [0.25, 0.3) is 76.5 Å². The van der Waals surface area contributed by atoms with E-state index in [9.17, 15) is 0 Å². The number of hydrogen-bond acceptors (Lipinski definition) is 2. The minimum atomic E-state index is 0.746. The summed E-state index contributed by atoms with van der Waals surface area (Å²) >= 11 is 0. The fraction of sp³-hybridized carbons (Fsp3) is 0. The van der Waals surface area contributed by atoms with Crippen molar-refractivity contribution >= 4 is 65.8 Å². The van der Waals surface area contributed by atoms with Crippen LogP contribution in [0.4, 0.5) is 22.7 Å². The van der Waals surface area contributed by atoms with E-state index in [-0.39, 0.29) is 0 Å². The molecular formula is C52H36N2. The quantitative estimate of drug-likeness (QED) is 0.176. The van der Waals surface area contributed by atoms with Gasteiger partial charge in [-0.3, -0.25) is 0 Å². The highest BCUT2D eigenvalue weighted by Gasteiger charge is 2.24. The average molecular weight is 689 g/mol. The summed E-state index contributed by atoms with van der Waals surface area (Å²) in [7, 11) is 0. The molecule has 0 aromatic heterocycles. The lowest BCUT2D eigenvalue weighted by molar-refractivity contribution is 1.29. The van der Waals surface area contributed by atoms with Gasteiger partial charge >= 0.3 is 0 Å². The van der Waals surface area contributed by atoms with Crippen LogP contribution in [0.3, 0.4) is 0 Å². The summed E-state index contributed by atoms with van der Waals surface area (Å²) in [6.07, 6.45) is 0. The third-order valence-corrected chi connectivity index (χ3v) is 10.7. The summed E-state index contributed by atoms with van der Waals surface area (Å²) in [6.45, 7) is 0. The van der Waals surface area contributed by atoms with Crippen LogP contribution < -0.4 is 10.6 Å². The monoisotopic (exact) mass is 688 g/mol. The number of anilines is 4. The number of fused-ring (bicyclic) bond motifs is 4. The molecule has 10 rings (SSSR count). The second kappa shape index (κ2) is 13.1. The van der Waals surface area contributed by atoms with Crippen molar-refractivity contribution in [3.8, 4) is 33.4 Å². The number of hydrogen-bond donors (Lipinski definition) is 1. The highest BCUT2D eigenvalue weighted by Crippen LogP contribution is 2.50. The Balaban J connectivity index is 1.34. The molecule has 0 spiro atoms. The molecule has 0 amide bonds. The fourth-order valence-electron chi connectivity index (χ4n) is 8.02. The van der Waals surface area contributed by atoms with E-state index in [2.05, 4.69) is 199 Å². The maximum absolute atomic E-state index is 6.25. The molecule has 0 fully saturated rings. The van der Waals surface area contributed by atoms with Crippen molar-refractivity contribution in [3.05, 3.63) is 206 Å². The van der Waals surface area contributed by atoms with Crippen LogP contribution >= 0.6 is 0 Å². The molecule has 0 aliphatic rings. The van der Waals surface area contributed by atoms with Gasteiger partial charge in [0.1, 0.15) is 0 Å². The second-order valence-corrected chi connectivity index (χ2v) is 14.0. The Bertz CT molecular complexity index is 2930. The number of benzene rings is 10. The summed E-state index contributed by atoms with van der Waals surface area (Å²) in [5, 5.41) is 9.65. The molecule has 0 aliphatic carbocycles. The molecule has 10 aromatic rings. The van der Waals surface area contributed by atoms with Gasteiger partial charge in [0, 0.05) is 22.6 Å². The Kier molecular flexibility index (Phi) is 7.66. The van der Waals surface area contributed by atoms with Crippen LogP contribution in [-0.2, 0) is 0 Å². The van der Waals surface area contributed by atoms with Gasteiger partial charge in [-0.05, 0) is 126 Å². The van der Waals surface area contributed by atoms with Gasteiger partial charge < -0.3 is 10.6 Å². The molecule has 2 N–H and O–H groups in total. The number of nitrogens with zero attached hydrogens (tertiary/aromatic N) is 1. The van der Waals surface area contributed by atoms with Crippen molar-refractivity contribution in [2.75, 3.05) is 10.6 Å². The topological polar surface area (TPSA) is 29.3 Å². The van der Waals surface area contributed by atoms with Crippen molar-refractivity contribution in [3.63, 3.8) is 0 Å². The van der Waals surface area contributed by atoms with Crippen LogP contribution in [0.2, 0.25) is 0 Å². The molecule has 10 aromatic carbocycles. The molecular weight excluding hydrogens is 653 g/mol. The van der Waals surface area contributed by atoms with Gasteiger partial charge in [-0.15, -0.1) is 0 Å². The summed E-state index contributed by atoms with van der Waals surface area (Å²) in [5.74, 6) is 0. The first-order valence-electron chi connectivity index (χ1n) is 18.5. The lowest BCUT2D eigenvalue weighted by Gasteiger charge is -2.31. The van der Waals surface area contributed by atoms with Crippen molar-refractivity contribution in [2.24, 2.45) is 0 Å². The normalized spacial score (nSPS) is 11.4. The van der Waals surface area contributed by atoms with Gasteiger partial charge in [0.05, 0.1) is 5.69 Å². The minimum absolute atomic E-state index is 0.746. The first kappa shape index (κ1) is 31.6. The predicted octanol–water partition coefficient (Wildman–Crippen LogP) is 14.4. The molecule has 0 heterocycles. The van der Waals surface area contributed by atoms with E-state index in [4.69, 9.17) is 5.73 Å². The first-order chi connectivity index (χ1) is 26.7. The lowest BCUT2D eigenvalue weighted by atomic mass is 9.84. The van der Waals surface area contributed by atoms with E-state index in [1.165, 1.54) is 48.7 Å². The molecule has 54 heavy (non-hydrogen) atoms. The van der Waals surface area contributed by atoms with Crippen LogP contribution in [0.1, 0.15) is 0 Å². The zero-order chi connectivity index (χ0) is 36.0. The summed E-state index contributed by atoms with van der Waals surface area (Å²) in [5.41, 5.74) is 17.2. The molecule has 0 bridgehead atoms. The van der Waals surface area contributed by atoms with E-state index in [0.29, 0.717) is 0 Å². The lowest BCUT2D eigenvalue weighted by Crippen LogP contribution is -2.12. The Morgan fingerprint density at radius 2 is 0.685 bits per heavy atom. The van der Waals surface area contributed by atoms with Gasteiger partial charge in [0.15, 0.2) is 0 Å². The van der Waals surface area contributed by atoms with E-state index >= 15 is 0 Å². The molecule has 2 heteroatoms. The van der Waals surface area contributed by atoms with Gasteiger partial charge in [0.25, 0.3) is 0 Å². The molecule has 0 radical (unpaired) electrons. The first-order valence-corrected chi connectivity index (χ1v) is 18.5. The zero-order valence-electron chi connectivity index (χ0n) is 29.7. The van der Waals surface area contributed by atoms with Crippen molar-refractivity contribution in [2.45, 2.75) is 0 Å². The fourth-order valence-corrected chi connectivity index (χ4v) is 8.02. The summed E-state index contributed by atoms with van der Waals surface area (Å²) in [6, 6.07) is 74.7. The molecule has 0 saturated carbocycles. The Morgan fingerprint density at radius 1 is 0.296 bits per heavy atom. The Morgan fingerprint density at radius 3 is 1.17 bits per heavy atom. The standard InChI is InChI=1S/C52H36N2/c53-46-25-21-39(22-26-46)49-29-30-50(54(47-27-23-37-11-3-7-15-42(37)33-47)48-28-24-38-12-4-8-16-43(38)34-48)52(45-20-18-36-10-2-6-14-41(36)32-45)51(49)44-19-17-35-9-1-5-13-40(35)31-44/h1-34H,53H2. The van der Waals surface area contributed by atoms with Crippen LogP contribution in [0.15, 0.2) is 206 Å². The van der Waals surface area contributed by atoms with Crippen molar-refractivity contribution in [1.29, 1.82) is 0 Å². The van der Waals surface area contributed by atoms with E-state index in [1.807, 2.05) is 12.1 Å². The predicted molar refractivity (Wildman–Crippen MR) is 232 cm³/mol. The molecule has 2 nitrogen and oxygen atoms in total. The largest absolute Gasteiger partial charge is 0.399 e. The average Bonchev–Trinajstić information content (AvgIpc) is 3.23. The third kappa shape index (κ3) is 5.62. The Labute approximate surface area is 315 Å². The van der Waals surface area contributed by atoms with Gasteiger partial charge in [0.2, 0.25) is 0 Å². The van der Waals surface area contributed by atoms with E-state index < -0.39 is 0 Å². The Hall–Kier alpha value is -7.16. The van der Waals surface area contributed by atoms with Crippen molar-refractivity contribution in [1.82, 2.24) is 0 Å². The molecule has 0 aliphatic heterocycles. The maximum Gasteiger partial charge on any atom is 0.0546 e. The number of nitrogens with two attached hydrogens (primary N) is 1. The molecule has 0 atom stereocenters. The van der Waals surface area contributed by atoms with Crippen LogP contribution in [0, 0.1) is 0 Å². The van der Waals surface area contributed by atoms with Gasteiger partial charge in [-0.2, -0.15) is 0 Å². The minimum Gasteiger partial charge on any atom is -0.399 e. The number of nitrogen functional groups attached to an aromatic ring is 1. The van der Waals surface area contributed by atoms with Crippen molar-refractivity contribution < 1.29 is 0 Å². The smallest absolute Gasteiger partial charge is 0.0546 e. The van der Waals surface area contributed by atoms with Gasteiger partial charge in [-0.25, -0.2) is 0 Å². The van der Waals surface area contributed by atoms with Crippen LogP contribution in [0.5, 0.6) is 0 Å². The summed E-state index contributed by atoms with van der Waals surface area (Å²) < 4.78 is 0. The second-order valence-electron chi connectivity index (χ2n) is 14.0.